The Hall–Kier alpha value is -6.00. The first-order valence-electron chi connectivity index (χ1n) is 18.0. The Bertz CT molecular complexity index is 2780. The minimum atomic E-state index is 0.951. The normalized spacial score (nSPS) is 11.5. The lowest BCUT2D eigenvalue weighted by molar-refractivity contribution is 1.12. The Morgan fingerprint density at radius 2 is 0.981 bits per heavy atom. The highest BCUT2D eigenvalue weighted by molar-refractivity contribution is 6.68. The predicted molar refractivity (Wildman–Crippen MR) is 237 cm³/mol. The lowest BCUT2D eigenvalue weighted by Crippen LogP contribution is -2.56. The average molecular weight is 659 g/mol. The summed E-state index contributed by atoms with van der Waals surface area (Å²) in [6.45, 7) is 0. The van der Waals surface area contributed by atoms with Gasteiger partial charge in [-0.05, 0) is 73.6 Å². The Labute approximate surface area is 308 Å². The van der Waals surface area contributed by atoms with Gasteiger partial charge >= 0.3 is 0 Å². The van der Waals surface area contributed by atoms with Gasteiger partial charge in [0.2, 0.25) is 0 Å². The van der Waals surface area contributed by atoms with Crippen molar-refractivity contribution in [3.8, 4) is 50.5 Å². The quantitative estimate of drug-likeness (QED) is 0.211. The molecule has 240 valence electrons. The van der Waals surface area contributed by atoms with Crippen LogP contribution in [0.2, 0.25) is 0 Å². The van der Waals surface area contributed by atoms with Gasteiger partial charge in [0, 0.05) is 29.2 Å². The zero-order chi connectivity index (χ0) is 35.5. The smallest absolute Gasteiger partial charge is 0.146 e. The molecule has 9 rings (SSSR count). The van der Waals surface area contributed by atoms with Crippen LogP contribution in [-0.4, -0.2) is 53.8 Å². The molecule has 0 atom stereocenters. The number of benzene rings is 7. The maximum atomic E-state index is 5.43. The van der Waals surface area contributed by atoms with E-state index in [-0.39, 0.29) is 0 Å². The summed E-state index contributed by atoms with van der Waals surface area (Å²) in [5, 5.41) is 4.87. The first kappa shape index (κ1) is 31.9. The molecule has 0 bridgehead atoms. The van der Waals surface area contributed by atoms with Crippen molar-refractivity contribution >= 4 is 99.1 Å². The van der Waals surface area contributed by atoms with Crippen LogP contribution in [0, 0.1) is 0 Å². The molecule has 0 fully saturated rings. The Balaban J connectivity index is 1.36. The van der Waals surface area contributed by atoms with Gasteiger partial charge in [0.15, 0.2) is 0 Å². The molecular formula is C44H34B5N3. The van der Waals surface area contributed by atoms with Gasteiger partial charge in [-0.25, -0.2) is 4.98 Å². The van der Waals surface area contributed by atoms with Gasteiger partial charge in [-0.1, -0.05) is 131 Å². The van der Waals surface area contributed by atoms with Gasteiger partial charge in [0.25, 0.3) is 0 Å². The lowest BCUT2D eigenvalue weighted by Gasteiger charge is -2.24. The zero-order valence-electron chi connectivity index (χ0n) is 30.2. The van der Waals surface area contributed by atoms with E-state index in [1.165, 1.54) is 71.2 Å². The van der Waals surface area contributed by atoms with Gasteiger partial charge < -0.3 is 0 Å². The lowest BCUT2D eigenvalue weighted by atomic mass is 9.61. The molecule has 0 aliphatic rings. The second-order valence-electron chi connectivity index (χ2n) is 13.9. The van der Waals surface area contributed by atoms with E-state index in [1.54, 1.807) is 0 Å². The number of imidazole rings is 1. The summed E-state index contributed by atoms with van der Waals surface area (Å²) in [6.07, 6.45) is 3.76. The number of hydrogen-bond acceptors (Lipinski definition) is 2. The molecular weight excluding hydrogens is 625 g/mol. The number of nitrogens with zero attached hydrogens (tertiary/aromatic N) is 3. The summed E-state index contributed by atoms with van der Waals surface area (Å²) in [6, 6.07) is 48.2. The van der Waals surface area contributed by atoms with Gasteiger partial charge in [-0.15, -0.1) is 5.46 Å². The van der Waals surface area contributed by atoms with Gasteiger partial charge in [0.1, 0.15) is 45.1 Å². The predicted octanol–water partition coefficient (Wildman–Crippen LogP) is 2.69. The third-order valence-corrected chi connectivity index (χ3v) is 11.3. The highest BCUT2D eigenvalue weighted by Crippen LogP contribution is 2.46. The van der Waals surface area contributed by atoms with Crippen molar-refractivity contribution in [3.05, 3.63) is 146 Å². The second-order valence-corrected chi connectivity index (χ2v) is 13.9. The molecule has 2 aromatic heterocycles. The maximum Gasteiger partial charge on any atom is 0.146 e. The van der Waals surface area contributed by atoms with Crippen molar-refractivity contribution in [2.45, 2.75) is 0 Å². The molecule has 0 aliphatic heterocycles. The molecule has 0 spiro atoms. The molecule has 0 saturated carbocycles. The van der Waals surface area contributed by atoms with E-state index in [4.69, 9.17) is 4.98 Å². The SMILES string of the molecule is Bc1c(B)c(B)c(-n2c(-c3ccccc3-c3c4ccccc4c(-c4cccc(-c5cccnc5)c4)c4ccccc34)nc3ccccc32)c(B)c1B. The third-order valence-electron chi connectivity index (χ3n) is 11.3. The number of aromatic nitrogens is 3. The van der Waals surface area contributed by atoms with Crippen LogP contribution < -0.4 is 27.3 Å². The van der Waals surface area contributed by atoms with Crippen LogP contribution in [0.1, 0.15) is 0 Å². The van der Waals surface area contributed by atoms with Crippen LogP contribution in [0.4, 0.5) is 0 Å². The minimum absolute atomic E-state index is 0.951. The number of hydrogen-bond donors (Lipinski definition) is 0. The number of pyridine rings is 1. The number of para-hydroxylation sites is 2. The summed E-state index contributed by atoms with van der Waals surface area (Å²) in [7, 11) is 11.3. The van der Waals surface area contributed by atoms with E-state index in [0.717, 1.165) is 39.1 Å². The van der Waals surface area contributed by atoms with E-state index in [1.807, 2.05) is 18.5 Å². The molecule has 0 amide bonds. The highest BCUT2D eigenvalue weighted by atomic mass is 15.1. The molecule has 0 saturated heterocycles. The summed E-state index contributed by atoms with van der Waals surface area (Å²) in [4.78, 5) is 9.83. The first-order chi connectivity index (χ1) is 25.4. The zero-order valence-corrected chi connectivity index (χ0v) is 30.2. The Morgan fingerprint density at radius 1 is 0.442 bits per heavy atom. The van der Waals surface area contributed by atoms with Crippen molar-refractivity contribution < 1.29 is 0 Å². The molecule has 0 aliphatic carbocycles. The van der Waals surface area contributed by atoms with Gasteiger partial charge in [-0.3, -0.25) is 9.55 Å². The molecule has 2 heterocycles. The van der Waals surface area contributed by atoms with E-state index >= 15 is 0 Å². The van der Waals surface area contributed by atoms with Crippen molar-refractivity contribution in [2.24, 2.45) is 0 Å². The van der Waals surface area contributed by atoms with Crippen LogP contribution in [0.25, 0.3) is 83.0 Å². The van der Waals surface area contributed by atoms with Crippen molar-refractivity contribution in [3.63, 3.8) is 0 Å². The maximum absolute atomic E-state index is 5.43. The highest BCUT2D eigenvalue weighted by Gasteiger charge is 2.24. The van der Waals surface area contributed by atoms with Crippen molar-refractivity contribution in [1.29, 1.82) is 0 Å². The van der Waals surface area contributed by atoms with E-state index < -0.39 is 0 Å². The van der Waals surface area contributed by atoms with E-state index in [0.29, 0.717) is 0 Å². The standard InChI is InChI=1S/C44H34B5N3/c45-38-39(46)41(48)43(42(49)40(38)47)52-35-21-8-7-20-34(35)51-44(52)33-19-6-5-18-32(33)37-30-16-3-1-14-28(30)36(29-15-2-4-17-31(29)37)26-12-9-11-25(23-26)27-13-10-22-50-24-27/h1-24H,45-49H2. The largest absolute Gasteiger partial charge is 0.294 e. The Kier molecular flexibility index (Phi) is 7.77. The summed E-state index contributed by atoms with van der Waals surface area (Å²) in [5.74, 6) is 0.951. The number of fused-ring (bicyclic) bond motifs is 3. The second kappa shape index (κ2) is 12.6. The molecule has 52 heavy (non-hydrogen) atoms. The summed E-state index contributed by atoms with van der Waals surface area (Å²) < 4.78 is 2.42. The fraction of sp³-hybridized carbons (Fsp3) is 0. The molecule has 7 aromatic carbocycles. The molecule has 9 aromatic rings. The third kappa shape index (κ3) is 4.97. The fourth-order valence-corrected chi connectivity index (χ4v) is 8.26. The van der Waals surface area contributed by atoms with E-state index in [9.17, 15) is 0 Å². The fourth-order valence-electron chi connectivity index (χ4n) is 8.26. The van der Waals surface area contributed by atoms with Crippen LogP contribution in [0.5, 0.6) is 0 Å². The minimum Gasteiger partial charge on any atom is -0.294 e. The topological polar surface area (TPSA) is 30.7 Å². The van der Waals surface area contributed by atoms with Crippen molar-refractivity contribution in [2.75, 3.05) is 0 Å². The summed E-state index contributed by atoms with van der Waals surface area (Å²) in [5.41, 5.74) is 18.1. The summed E-state index contributed by atoms with van der Waals surface area (Å²) >= 11 is 0. The van der Waals surface area contributed by atoms with Crippen LogP contribution in [0.15, 0.2) is 146 Å². The molecule has 8 heteroatoms. The van der Waals surface area contributed by atoms with Crippen LogP contribution in [0.3, 0.4) is 0 Å². The molecule has 0 radical (unpaired) electrons. The molecule has 0 N–H and O–H groups in total. The average Bonchev–Trinajstić information content (AvgIpc) is 3.58. The monoisotopic (exact) mass is 659 g/mol. The molecule has 0 unspecified atom stereocenters. The van der Waals surface area contributed by atoms with Crippen LogP contribution in [-0.2, 0) is 0 Å². The van der Waals surface area contributed by atoms with Gasteiger partial charge in [0.05, 0.1) is 11.0 Å². The Morgan fingerprint density at radius 3 is 1.63 bits per heavy atom. The van der Waals surface area contributed by atoms with Gasteiger partial charge in [-0.2, -0.15) is 0 Å². The van der Waals surface area contributed by atoms with Crippen LogP contribution >= 0.6 is 0 Å². The molecule has 3 nitrogen and oxygen atoms in total. The number of rotatable bonds is 5. The van der Waals surface area contributed by atoms with Crippen molar-refractivity contribution in [1.82, 2.24) is 14.5 Å². The first-order valence-corrected chi connectivity index (χ1v) is 18.0. The van der Waals surface area contributed by atoms with E-state index in [2.05, 4.69) is 176 Å².